The molecule has 0 aliphatic rings. The summed E-state index contributed by atoms with van der Waals surface area (Å²) in [5.74, 6) is -4.31. The molecular weight excluding hydrogens is 262 g/mol. The van der Waals surface area contributed by atoms with Gasteiger partial charge >= 0.3 is 23.9 Å². The van der Waals surface area contributed by atoms with E-state index in [4.69, 9.17) is 20.4 Å². The van der Waals surface area contributed by atoms with Gasteiger partial charge in [0.2, 0.25) is 0 Å². The van der Waals surface area contributed by atoms with E-state index in [0.29, 0.717) is 0 Å². The van der Waals surface area contributed by atoms with Crippen molar-refractivity contribution >= 4 is 23.9 Å². The second-order valence-corrected chi connectivity index (χ2v) is 2.57. The lowest BCUT2D eigenvalue weighted by molar-refractivity contribution is -0.143. The molecule has 0 heterocycles. The van der Waals surface area contributed by atoms with Gasteiger partial charge in [-0.2, -0.15) is 0 Å². The van der Waals surface area contributed by atoms with Gasteiger partial charge in [-0.05, 0) is 0 Å². The number of carboxylic acid groups (broad SMARTS) is 4. The highest BCUT2D eigenvalue weighted by atomic mass is 16.4. The lowest BCUT2D eigenvalue weighted by atomic mass is 10.3. The van der Waals surface area contributed by atoms with Crippen LogP contribution in [-0.4, -0.2) is 44.3 Å². The number of hydrogen-bond donors (Lipinski definition) is 5. The van der Waals surface area contributed by atoms with Crippen LogP contribution < -0.4 is 6.15 Å². The predicted octanol–water partition coefficient (Wildman–Crippen LogP) is 1.52. The predicted molar refractivity (Wildman–Crippen MR) is 68.5 cm³/mol. The normalized spacial score (nSPS) is 7.16. The van der Waals surface area contributed by atoms with Gasteiger partial charge in [-0.15, -0.1) is 0 Å². The molecule has 116 valence electrons. The Morgan fingerprint density at radius 2 is 0.632 bits per heavy atom. The summed E-state index contributed by atoms with van der Waals surface area (Å²) in [6, 6.07) is 0. The lowest BCUT2D eigenvalue weighted by Crippen LogP contribution is -2.00. The van der Waals surface area contributed by atoms with E-state index in [0.717, 1.165) is 0 Å². The van der Waals surface area contributed by atoms with Crippen molar-refractivity contribution in [2.45, 2.75) is 40.5 Å². The molecule has 0 aliphatic carbocycles. The van der Waals surface area contributed by atoms with Gasteiger partial charge < -0.3 is 26.6 Å². The Hall–Kier alpha value is -2.16. The van der Waals surface area contributed by atoms with E-state index < -0.39 is 23.9 Å². The second-order valence-electron chi connectivity index (χ2n) is 2.57. The van der Waals surface area contributed by atoms with Crippen LogP contribution in [0.1, 0.15) is 40.5 Å². The first kappa shape index (κ1) is 30.1. The Kier molecular flexibility index (Phi) is 28.9. The van der Waals surface area contributed by atoms with Gasteiger partial charge in [0.1, 0.15) is 0 Å². The zero-order chi connectivity index (χ0) is 13.1. The number of quaternary nitrogens is 1. The summed E-state index contributed by atoms with van der Waals surface area (Å²) in [6.07, 6.45) is -1.19. The molecule has 0 rings (SSSR count). The largest absolute Gasteiger partial charge is 0.481 e. The number of hydrogen-bond acceptors (Lipinski definition) is 4. The van der Waals surface area contributed by atoms with Gasteiger partial charge in [0.25, 0.3) is 0 Å². The maximum atomic E-state index is 9.64. The molecule has 19 heavy (non-hydrogen) atoms. The van der Waals surface area contributed by atoms with Gasteiger partial charge in [-0.3, -0.25) is 19.2 Å². The molecule has 9 nitrogen and oxygen atoms in total. The van der Waals surface area contributed by atoms with Gasteiger partial charge in [0.05, 0.1) is 25.7 Å². The van der Waals surface area contributed by atoms with Crippen LogP contribution in [0.4, 0.5) is 0 Å². The van der Waals surface area contributed by atoms with Gasteiger partial charge in [-0.25, -0.2) is 0 Å². The molecule has 0 bridgehead atoms. The first-order chi connectivity index (χ1) is 7.25. The molecule has 8 N–H and O–H groups in total. The monoisotopic (exact) mass is 286 g/mol. The Labute approximate surface area is 111 Å². The maximum absolute atomic E-state index is 9.64. The van der Waals surface area contributed by atoms with Crippen LogP contribution in [0.5, 0.6) is 0 Å². The van der Waals surface area contributed by atoms with Crippen molar-refractivity contribution in [3.8, 4) is 0 Å². The highest BCUT2D eigenvalue weighted by molar-refractivity contribution is 5.75. The van der Waals surface area contributed by atoms with E-state index in [2.05, 4.69) is 0 Å². The van der Waals surface area contributed by atoms with Crippen molar-refractivity contribution in [1.29, 1.82) is 0 Å². The van der Waals surface area contributed by atoms with Crippen LogP contribution >= 0.6 is 0 Å². The minimum absolute atomic E-state index is 0. The van der Waals surface area contributed by atoms with E-state index in [-0.39, 0.29) is 46.7 Å². The molecule has 0 fully saturated rings. The summed E-state index contributed by atoms with van der Waals surface area (Å²) in [5.41, 5.74) is 0. The van der Waals surface area contributed by atoms with Crippen LogP contribution in [0.2, 0.25) is 0 Å². The molecule has 0 saturated heterocycles. The highest BCUT2D eigenvalue weighted by Gasteiger charge is 2.00. The summed E-state index contributed by atoms with van der Waals surface area (Å²) in [7, 11) is 0. The van der Waals surface area contributed by atoms with Crippen molar-refractivity contribution in [1.82, 2.24) is 6.15 Å². The maximum Gasteiger partial charge on any atom is 0.303 e. The Morgan fingerprint density at radius 3 is 0.684 bits per heavy atom. The molecule has 0 unspecified atom stereocenters. The molecule has 9 heteroatoms. The van der Waals surface area contributed by atoms with Crippen LogP contribution in [0.3, 0.4) is 0 Å². The number of rotatable bonds is 6. The first-order valence-corrected chi connectivity index (χ1v) is 4.13. The van der Waals surface area contributed by atoms with E-state index >= 15 is 0 Å². The fourth-order valence-electron chi connectivity index (χ4n) is 0.428. The minimum atomic E-state index is -1.08. The number of carboxylic acids is 4. The van der Waals surface area contributed by atoms with Gasteiger partial charge in [0.15, 0.2) is 0 Å². The average Bonchev–Trinajstić information content (AvgIpc) is 2.12. The third-order valence-corrected chi connectivity index (χ3v) is 1.11. The minimum Gasteiger partial charge on any atom is -0.481 e. The van der Waals surface area contributed by atoms with Crippen LogP contribution in [0, 0.1) is 0 Å². The molecule has 0 aromatic carbocycles. The van der Waals surface area contributed by atoms with E-state index in [9.17, 15) is 19.2 Å². The van der Waals surface area contributed by atoms with E-state index in [1.54, 1.807) is 0 Å². The van der Waals surface area contributed by atoms with Crippen LogP contribution in [0.15, 0.2) is 0 Å². The third kappa shape index (κ3) is 49.4. The summed E-state index contributed by atoms with van der Waals surface area (Å²) in [5, 5.41) is 31.6. The molecule has 0 spiro atoms. The molecular formula is C10H24NO8+. The Balaban J connectivity index is -0.0000000594. The van der Waals surface area contributed by atoms with Crippen LogP contribution in [0.25, 0.3) is 0 Å². The highest BCUT2D eigenvalue weighted by Crippen LogP contribution is 1.86. The summed E-state index contributed by atoms with van der Waals surface area (Å²) in [6.45, 7) is 0. The van der Waals surface area contributed by atoms with Crippen molar-refractivity contribution in [2.24, 2.45) is 0 Å². The smallest absolute Gasteiger partial charge is 0.303 e. The van der Waals surface area contributed by atoms with Crippen LogP contribution in [-0.2, 0) is 19.2 Å². The van der Waals surface area contributed by atoms with Gasteiger partial charge in [-0.1, -0.05) is 14.9 Å². The average molecular weight is 286 g/mol. The second kappa shape index (κ2) is 18.2. The fourth-order valence-corrected chi connectivity index (χ4v) is 0.428. The molecule has 0 aliphatic heterocycles. The topological polar surface area (TPSA) is 186 Å². The Bertz CT molecular complexity index is 221. The molecule has 0 saturated carbocycles. The van der Waals surface area contributed by atoms with Crippen molar-refractivity contribution in [3.05, 3.63) is 0 Å². The molecule has 0 aromatic heterocycles. The van der Waals surface area contributed by atoms with Crippen molar-refractivity contribution in [3.63, 3.8) is 0 Å². The fraction of sp³-hybridized carbons (Fsp3) is 0.600. The Morgan fingerprint density at radius 1 is 0.526 bits per heavy atom. The zero-order valence-electron chi connectivity index (χ0n) is 9.25. The number of aliphatic carboxylic acids is 4. The quantitative estimate of drug-likeness (QED) is 0.486. The number of carbonyl (C=O) groups is 4. The van der Waals surface area contributed by atoms with E-state index in [1.807, 2.05) is 0 Å². The SMILES string of the molecule is C.C.O=C(O)CCC(=O)O.O=C(O)CCC(=O)O.[NH4+]. The lowest BCUT2D eigenvalue weighted by Gasteiger charge is -1.85. The van der Waals surface area contributed by atoms with Gasteiger partial charge in [0, 0.05) is 0 Å². The molecule has 0 aromatic rings. The molecule has 0 amide bonds. The molecule has 0 atom stereocenters. The summed E-state index contributed by atoms with van der Waals surface area (Å²) >= 11 is 0. The zero-order valence-corrected chi connectivity index (χ0v) is 9.25. The van der Waals surface area contributed by atoms with Crippen molar-refractivity contribution in [2.75, 3.05) is 0 Å². The standard InChI is InChI=1S/2C4H6O4.2CH4.H3N/c2*5-3(6)1-2-4(7)8;;;/h2*1-2H2,(H,5,6)(H,7,8);2*1H4;1H3/p+1. The summed E-state index contributed by atoms with van der Waals surface area (Å²) in [4.78, 5) is 38.6. The first-order valence-electron chi connectivity index (χ1n) is 4.13. The summed E-state index contributed by atoms with van der Waals surface area (Å²) < 4.78 is 0. The molecule has 0 radical (unpaired) electrons. The van der Waals surface area contributed by atoms with E-state index in [1.165, 1.54) is 0 Å². The third-order valence-electron chi connectivity index (χ3n) is 1.11. The van der Waals surface area contributed by atoms with Crippen molar-refractivity contribution < 1.29 is 39.6 Å².